The minimum Gasteiger partial charge on any atom is -0.265 e. The predicted molar refractivity (Wildman–Crippen MR) is 90.0 cm³/mol. The Kier molecular flexibility index (Phi) is 4.31. The molecule has 0 bridgehead atoms. The first-order chi connectivity index (χ1) is 10.8. The van der Waals surface area contributed by atoms with Crippen LogP contribution in [-0.2, 0) is 0 Å². The molecule has 3 rings (SSSR count). The molecule has 0 aliphatic rings. The van der Waals surface area contributed by atoms with E-state index >= 15 is 0 Å². The maximum absolute atomic E-state index is 5.21. The standard InChI is InChI=1S/C16H13N5S/c22-16-20-19-15(14-8-11-17-12-9-14)21(16)18-10-4-7-13-5-2-1-3-6-13/h1-12H,(H,20,22). The molecular weight excluding hydrogens is 294 g/mol. The number of nitrogens with zero attached hydrogens (tertiary/aromatic N) is 4. The fourth-order valence-electron chi connectivity index (χ4n) is 1.91. The SMILES string of the molecule is S=c1[nH]nc(-c2ccncc2)n1N=CC=Cc1ccccc1. The van der Waals surface area contributed by atoms with Gasteiger partial charge in [0.1, 0.15) is 0 Å². The van der Waals surface area contributed by atoms with Gasteiger partial charge in [-0.15, -0.1) is 0 Å². The van der Waals surface area contributed by atoms with Crippen LogP contribution in [0.15, 0.2) is 66.0 Å². The van der Waals surface area contributed by atoms with Crippen LogP contribution in [0.4, 0.5) is 0 Å². The second-order valence-corrected chi connectivity index (χ2v) is 4.82. The van der Waals surface area contributed by atoms with Crippen LogP contribution in [-0.4, -0.2) is 26.1 Å². The van der Waals surface area contributed by atoms with Gasteiger partial charge in [0.05, 0.1) is 0 Å². The number of hydrogen-bond donors (Lipinski definition) is 1. The van der Waals surface area contributed by atoms with E-state index < -0.39 is 0 Å². The first kappa shape index (κ1) is 14.1. The highest BCUT2D eigenvalue weighted by molar-refractivity contribution is 7.71. The number of H-pyrrole nitrogens is 1. The molecule has 22 heavy (non-hydrogen) atoms. The molecule has 6 heteroatoms. The quantitative estimate of drug-likeness (QED) is 0.592. The zero-order chi connectivity index (χ0) is 15.2. The Labute approximate surface area is 132 Å². The molecule has 0 aliphatic heterocycles. The predicted octanol–water partition coefficient (Wildman–Crippen LogP) is 3.55. The minimum absolute atomic E-state index is 0.441. The van der Waals surface area contributed by atoms with Crippen LogP contribution in [0.25, 0.3) is 17.5 Å². The summed E-state index contributed by atoms with van der Waals surface area (Å²) >= 11 is 5.21. The number of allylic oxidation sites excluding steroid dienone is 1. The van der Waals surface area contributed by atoms with Crippen molar-refractivity contribution in [2.45, 2.75) is 0 Å². The zero-order valence-corrected chi connectivity index (χ0v) is 12.4. The summed E-state index contributed by atoms with van der Waals surface area (Å²) in [6.45, 7) is 0. The lowest BCUT2D eigenvalue weighted by Gasteiger charge is -1.99. The maximum atomic E-state index is 5.21. The normalized spacial score (nSPS) is 11.5. The molecule has 0 saturated carbocycles. The highest BCUT2D eigenvalue weighted by Crippen LogP contribution is 2.15. The Morgan fingerprint density at radius 1 is 1.09 bits per heavy atom. The second-order valence-electron chi connectivity index (χ2n) is 4.43. The fourth-order valence-corrected chi connectivity index (χ4v) is 2.09. The van der Waals surface area contributed by atoms with Gasteiger partial charge < -0.3 is 0 Å². The topological polar surface area (TPSA) is 58.9 Å². The molecule has 3 aromatic rings. The Balaban J connectivity index is 1.84. The zero-order valence-electron chi connectivity index (χ0n) is 11.6. The van der Waals surface area contributed by atoms with Crippen LogP contribution < -0.4 is 0 Å². The number of rotatable bonds is 4. The highest BCUT2D eigenvalue weighted by Gasteiger charge is 2.06. The van der Waals surface area contributed by atoms with E-state index in [9.17, 15) is 0 Å². The Morgan fingerprint density at radius 3 is 2.64 bits per heavy atom. The van der Waals surface area contributed by atoms with Crippen molar-refractivity contribution in [1.82, 2.24) is 19.9 Å². The van der Waals surface area contributed by atoms with E-state index in [1.807, 2.05) is 54.6 Å². The first-order valence-electron chi connectivity index (χ1n) is 6.68. The molecule has 0 radical (unpaired) electrons. The van der Waals surface area contributed by atoms with Crippen molar-refractivity contribution < 1.29 is 0 Å². The lowest BCUT2D eigenvalue weighted by molar-refractivity contribution is 0.872. The van der Waals surface area contributed by atoms with Crippen molar-refractivity contribution >= 4 is 24.5 Å². The van der Waals surface area contributed by atoms with Gasteiger partial charge in [0.2, 0.25) is 4.77 Å². The van der Waals surface area contributed by atoms with Crippen LogP contribution in [0, 0.1) is 4.77 Å². The van der Waals surface area contributed by atoms with Crippen LogP contribution in [0.3, 0.4) is 0 Å². The molecule has 0 saturated heterocycles. The maximum Gasteiger partial charge on any atom is 0.216 e. The second kappa shape index (κ2) is 6.73. The first-order valence-corrected chi connectivity index (χ1v) is 7.09. The van der Waals surface area contributed by atoms with E-state index in [1.54, 1.807) is 23.3 Å². The monoisotopic (exact) mass is 307 g/mol. The summed E-state index contributed by atoms with van der Waals surface area (Å²) in [5.41, 5.74) is 2.01. The molecule has 0 amide bonds. The molecule has 0 spiro atoms. The fraction of sp³-hybridized carbons (Fsp3) is 0. The highest BCUT2D eigenvalue weighted by atomic mass is 32.1. The third-order valence-corrected chi connectivity index (χ3v) is 3.21. The average molecular weight is 307 g/mol. The molecule has 0 fully saturated rings. The van der Waals surface area contributed by atoms with Gasteiger partial charge >= 0.3 is 0 Å². The van der Waals surface area contributed by atoms with Gasteiger partial charge in [-0.2, -0.15) is 14.9 Å². The molecule has 108 valence electrons. The minimum atomic E-state index is 0.441. The molecular formula is C16H13N5S. The van der Waals surface area contributed by atoms with Crippen molar-refractivity contribution in [1.29, 1.82) is 0 Å². The summed E-state index contributed by atoms with van der Waals surface area (Å²) in [5, 5.41) is 11.3. The lowest BCUT2D eigenvalue weighted by atomic mass is 10.2. The molecule has 0 aliphatic carbocycles. The lowest BCUT2D eigenvalue weighted by Crippen LogP contribution is -1.93. The third kappa shape index (κ3) is 3.24. The van der Waals surface area contributed by atoms with Gasteiger partial charge in [-0.1, -0.05) is 36.4 Å². The molecule has 1 aromatic carbocycles. The van der Waals surface area contributed by atoms with Crippen molar-refractivity contribution in [3.05, 3.63) is 71.3 Å². The number of hydrogen-bond acceptors (Lipinski definition) is 4. The van der Waals surface area contributed by atoms with Crippen molar-refractivity contribution in [2.24, 2.45) is 5.10 Å². The van der Waals surface area contributed by atoms with E-state index in [4.69, 9.17) is 12.2 Å². The molecule has 2 aromatic heterocycles. The smallest absolute Gasteiger partial charge is 0.216 e. The number of nitrogens with one attached hydrogen (secondary N) is 1. The molecule has 2 heterocycles. The van der Waals surface area contributed by atoms with E-state index in [0.29, 0.717) is 10.6 Å². The van der Waals surface area contributed by atoms with Gasteiger partial charge in [0.15, 0.2) is 5.82 Å². The molecule has 5 nitrogen and oxygen atoms in total. The van der Waals surface area contributed by atoms with Crippen LogP contribution in [0.2, 0.25) is 0 Å². The molecule has 0 unspecified atom stereocenters. The van der Waals surface area contributed by atoms with Gasteiger partial charge in [-0.05, 0) is 36.0 Å². The number of aromatic nitrogens is 4. The number of pyridine rings is 1. The van der Waals surface area contributed by atoms with Crippen molar-refractivity contribution in [3.8, 4) is 11.4 Å². The number of aromatic amines is 1. The molecule has 0 atom stereocenters. The van der Waals surface area contributed by atoms with E-state index in [-0.39, 0.29) is 0 Å². The van der Waals surface area contributed by atoms with E-state index in [2.05, 4.69) is 20.3 Å². The largest absolute Gasteiger partial charge is 0.265 e. The van der Waals surface area contributed by atoms with Crippen LogP contribution in [0.1, 0.15) is 5.56 Å². The van der Waals surface area contributed by atoms with Crippen LogP contribution in [0.5, 0.6) is 0 Å². The summed E-state index contributed by atoms with van der Waals surface area (Å²) in [7, 11) is 0. The van der Waals surface area contributed by atoms with Crippen LogP contribution >= 0.6 is 12.2 Å². The van der Waals surface area contributed by atoms with Crippen molar-refractivity contribution in [2.75, 3.05) is 0 Å². The summed E-state index contributed by atoms with van der Waals surface area (Å²) in [6.07, 6.45) is 8.93. The summed E-state index contributed by atoms with van der Waals surface area (Å²) < 4.78 is 2.02. The van der Waals surface area contributed by atoms with Crippen molar-refractivity contribution in [3.63, 3.8) is 0 Å². The van der Waals surface area contributed by atoms with Gasteiger partial charge in [-0.3, -0.25) is 4.98 Å². The van der Waals surface area contributed by atoms with Gasteiger partial charge in [-0.25, -0.2) is 5.10 Å². The summed E-state index contributed by atoms with van der Waals surface area (Å²) in [6, 6.07) is 13.7. The Bertz CT molecular complexity index is 847. The van der Waals surface area contributed by atoms with E-state index in [1.165, 1.54) is 0 Å². The molecule has 1 N–H and O–H groups in total. The Hall–Kier alpha value is -2.86. The number of benzene rings is 1. The Morgan fingerprint density at radius 2 is 1.86 bits per heavy atom. The summed E-state index contributed by atoms with van der Waals surface area (Å²) in [4.78, 5) is 3.99. The average Bonchev–Trinajstić information content (AvgIpc) is 2.94. The third-order valence-electron chi connectivity index (χ3n) is 2.95. The van der Waals surface area contributed by atoms with E-state index in [0.717, 1.165) is 11.1 Å². The van der Waals surface area contributed by atoms with Gasteiger partial charge in [0.25, 0.3) is 0 Å². The van der Waals surface area contributed by atoms with Gasteiger partial charge in [0, 0.05) is 24.2 Å². The summed E-state index contributed by atoms with van der Waals surface area (Å²) in [5.74, 6) is 0.650.